The Morgan fingerprint density at radius 1 is 1.41 bits per heavy atom. The summed E-state index contributed by atoms with van der Waals surface area (Å²) in [7, 11) is 0. The lowest BCUT2D eigenvalue weighted by Crippen LogP contribution is -2.28. The molecule has 2 aromatic rings. The number of aliphatic hydroxyl groups is 1. The number of anilines is 2. The van der Waals surface area contributed by atoms with E-state index in [1.807, 2.05) is 0 Å². The SMILES string of the molecule is Nc1nc(N2CC(C(=O)O)CC2=O)nc2ncc(CO)nc12. The molecule has 114 valence electrons. The van der Waals surface area contributed by atoms with Crippen LogP contribution in [0.4, 0.5) is 11.8 Å². The molecule has 0 aromatic carbocycles. The molecule has 3 rings (SSSR count). The van der Waals surface area contributed by atoms with Gasteiger partial charge < -0.3 is 15.9 Å². The molecule has 1 amide bonds. The van der Waals surface area contributed by atoms with Crippen LogP contribution in [0.2, 0.25) is 0 Å². The number of hydrogen-bond acceptors (Lipinski definition) is 8. The number of rotatable bonds is 3. The van der Waals surface area contributed by atoms with Gasteiger partial charge in [-0.05, 0) is 0 Å². The second-order valence-corrected chi connectivity index (χ2v) is 4.84. The van der Waals surface area contributed by atoms with Crippen LogP contribution in [-0.2, 0) is 16.2 Å². The quantitative estimate of drug-likeness (QED) is 0.642. The summed E-state index contributed by atoms with van der Waals surface area (Å²) in [6.45, 7) is -0.309. The van der Waals surface area contributed by atoms with E-state index in [4.69, 9.17) is 15.9 Å². The van der Waals surface area contributed by atoms with Crippen LogP contribution in [0.3, 0.4) is 0 Å². The number of aromatic nitrogens is 4. The smallest absolute Gasteiger partial charge is 0.308 e. The highest BCUT2D eigenvalue weighted by Gasteiger charge is 2.36. The third-order valence-electron chi connectivity index (χ3n) is 3.35. The average molecular weight is 304 g/mol. The molecule has 1 fully saturated rings. The van der Waals surface area contributed by atoms with E-state index in [2.05, 4.69) is 19.9 Å². The summed E-state index contributed by atoms with van der Waals surface area (Å²) in [4.78, 5) is 40.3. The van der Waals surface area contributed by atoms with Crippen LogP contribution in [0, 0.1) is 5.92 Å². The molecule has 0 aliphatic carbocycles. The van der Waals surface area contributed by atoms with Gasteiger partial charge in [0.2, 0.25) is 11.9 Å². The van der Waals surface area contributed by atoms with E-state index in [1.165, 1.54) is 11.1 Å². The molecule has 3 heterocycles. The lowest BCUT2D eigenvalue weighted by molar-refractivity contribution is -0.141. The van der Waals surface area contributed by atoms with Crippen molar-refractivity contribution < 1.29 is 19.8 Å². The second-order valence-electron chi connectivity index (χ2n) is 4.84. The van der Waals surface area contributed by atoms with Gasteiger partial charge in [-0.2, -0.15) is 9.97 Å². The highest BCUT2D eigenvalue weighted by molar-refractivity contribution is 5.98. The summed E-state index contributed by atoms with van der Waals surface area (Å²) in [5.74, 6) is -2.21. The van der Waals surface area contributed by atoms with Crippen LogP contribution < -0.4 is 10.6 Å². The summed E-state index contributed by atoms with van der Waals surface area (Å²) >= 11 is 0. The van der Waals surface area contributed by atoms with Gasteiger partial charge in [0.1, 0.15) is 0 Å². The second kappa shape index (κ2) is 5.15. The fraction of sp³-hybridized carbons (Fsp3) is 0.333. The zero-order valence-electron chi connectivity index (χ0n) is 11.3. The predicted molar refractivity (Wildman–Crippen MR) is 73.6 cm³/mol. The number of fused-ring (bicyclic) bond motifs is 1. The summed E-state index contributed by atoms with van der Waals surface area (Å²) in [5.41, 5.74) is 6.51. The van der Waals surface area contributed by atoms with Crippen molar-refractivity contribution in [3.05, 3.63) is 11.9 Å². The third kappa shape index (κ3) is 2.29. The van der Waals surface area contributed by atoms with Gasteiger partial charge in [0.25, 0.3) is 0 Å². The maximum atomic E-state index is 11.9. The first-order chi connectivity index (χ1) is 10.5. The molecule has 4 N–H and O–H groups in total. The van der Waals surface area contributed by atoms with E-state index in [0.717, 1.165) is 0 Å². The number of hydrogen-bond donors (Lipinski definition) is 3. The van der Waals surface area contributed by atoms with Crippen LogP contribution >= 0.6 is 0 Å². The minimum absolute atomic E-state index is 0.00444. The van der Waals surface area contributed by atoms with Gasteiger partial charge in [0.15, 0.2) is 17.0 Å². The topological polar surface area (TPSA) is 155 Å². The van der Waals surface area contributed by atoms with Crippen molar-refractivity contribution in [1.82, 2.24) is 19.9 Å². The van der Waals surface area contributed by atoms with Crippen molar-refractivity contribution in [1.29, 1.82) is 0 Å². The van der Waals surface area contributed by atoms with E-state index >= 15 is 0 Å². The molecule has 1 aliphatic rings. The molecule has 1 saturated heterocycles. The van der Waals surface area contributed by atoms with Crippen molar-refractivity contribution in [2.45, 2.75) is 13.0 Å². The Labute approximate surface area is 123 Å². The van der Waals surface area contributed by atoms with E-state index in [-0.39, 0.29) is 48.4 Å². The molecule has 10 nitrogen and oxygen atoms in total. The van der Waals surface area contributed by atoms with E-state index < -0.39 is 11.9 Å². The van der Waals surface area contributed by atoms with Crippen molar-refractivity contribution in [2.75, 3.05) is 17.2 Å². The molecule has 10 heteroatoms. The maximum absolute atomic E-state index is 11.9. The summed E-state index contributed by atoms with van der Waals surface area (Å²) in [6, 6.07) is 0. The number of amides is 1. The Balaban J connectivity index is 2.02. The van der Waals surface area contributed by atoms with E-state index in [9.17, 15) is 9.59 Å². The number of carbonyl (C=O) groups is 2. The van der Waals surface area contributed by atoms with Gasteiger partial charge in [-0.1, -0.05) is 0 Å². The number of aliphatic hydroxyl groups excluding tert-OH is 1. The molecule has 1 aliphatic heterocycles. The van der Waals surface area contributed by atoms with Crippen molar-refractivity contribution in [2.24, 2.45) is 5.92 Å². The number of nitrogens with two attached hydrogens (primary N) is 1. The van der Waals surface area contributed by atoms with Crippen molar-refractivity contribution in [3.8, 4) is 0 Å². The standard InChI is InChI=1S/C12H12N6O4/c13-9-8-10(14-2-6(4-19)15-8)17-12(16-9)18-3-5(11(21)22)1-7(18)20/h2,5,19H,1,3-4H2,(H,21,22)(H2,13,14,16,17). The van der Waals surface area contributed by atoms with E-state index in [1.54, 1.807) is 0 Å². The highest BCUT2D eigenvalue weighted by atomic mass is 16.4. The Kier molecular flexibility index (Phi) is 3.29. The minimum Gasteiger partial charge on any atom is -0.481 e. The molecular formula is C12H12N6O4. The van der Waals surface area contributed by atoms with Gasteiger partial charge >= 0.3 is 5.97 Å². The Bertz CT molecular complexity index is 780. The Hall–Kier alpha value is -2.88. The summed E-state index contributed by atoms with van der Waals surface area (Å²) in [5, 5.41) is 18.0. The minimum atomic E-state index is -1.04. The fourth-order valence-corrected chi connectivity index (χ4v) is 2.22. The first kappa shape index (κ1) is 14.1. The highest BCUT2D eigenvalue weighted by Crippen LogP contribution is 2.25. The zero-order valence-corrected chi connectivity index (χ0v) is 11.3. The summed E-state index contributed by atoms with van der Waals surface area (Å²) in [6.07, 6.45) is 1.23. The van der Waals surface area contributed by atoms with Crippen LogP contribution in [0.25, 0.3) is 11.2 Å². The summed E-state index contributed by atoms with van der Waals surface area (Å²) < 4.78 is 0. The number of nitrogen functional groups attached to an aromatic ring is 1. The zero-order chi connectivity index (χ0) is 15.9. The maximum Gasteiger partial charge on any atom is 0.308 e. The molecule has 0 saturated carbocycles. The largest absolute Gasteiger partial charge is 0.481 e. The molecule has 22 heavy (non-hydrogen) atoms. The van der Waals surface area contributed by atoms with Gasteiger partial charge in [-0.25, -0.2) is 9.97 Å². The third-order valence-corrected chi connectivity index (χ3v) is 3.35. The van der Waals surface area contributed by atoms with Gasteiger partial charge in [0, 0.05) is 13.0 Å². The van der Waals surface area contributed by atoms with Crippen molar-refractivity contribution >= 4 is 34.8 Å². The van der Waals surface area contributed by atoms with Crippen LogP contribution in [0.15, 0.2) is 6.20 Å². The first-order valence-electron chi connectivity index (χ1n) is 6.42. The monoisotopic (exact) mass is 304 g/mol. The van der Waals surface area contributed by atoms with Crippen molar-refractivity contribution in [3.63, 3.8) is 0 Å². The normalized spacial score (nSPS) is 18.1. The predicted octanol–water partition coefficient (Wildman–Crippen LogP) is -1.07. The van der Waals surface area contributed by atoms with Gasteiger partial charge in [-0.15, -0.1) is 0 Å². The van der Waals surface area contributed by atoms with Gasteiger partial charge in [-0.3, -0.25) is 14.5 Å². The fourth-order valence-electron chi connectivity index (χ4n) is 2.22. The average Bonchev–Trinajstić information content (AvgIpc) is 2.89. The number of carboxylic acids is 1. The number of carboxylic acid groups (broad SMARTS) is 1. The van der Waals surface area contributed by atoms with Crippen LogP contribution in [0.1, 0.15) is 12.1 Å². The number of carbonyl (C=O) groups excluding carboxylic acids is 1. The Morgan fingerprint density at radius 2 is 2.18 bits per heavy atom. The molecular weight excluding hydrogens is 292 g/mol. The number of aliphatic carboxylic acids is 1. The molecule has 0 radical (unpaired) electrons. The van der Waals surface area contributed by atoms with Gasteiger partial charge in [0.05, 0.1) is 24.4 Å². The Morgan fingerprint density at radius 3 is 2.82 bits per heavy atom. The molecule has 0 bridgehead atoms. The van der Waals surface area contributed by atoms with Crippen LogP contribution in [-0.4, -0.2) is 48.6 Å². The molecule has 1 atom stereocenters. The molecule has 2 aromatic heterocycles. The first-order valence-corrected chi connectivity index (χ1v) is 6.42. The lowest BCUT2D eigenvalue weighted by atomic mass is 10.1. The number of nitrogens with zero attached hydrogens (tertiary/aromatic N) is 5. The van der Waals surface area contributed by atoms with E-state index in [0.29, 0.717) is 5.69 Å². The lowest BCUT2D eigenvalue weighted by Gasteiger charge is -2.14. The van der Waals surface area contributed by atoms with Crippen LogP contribution in [0.5, 0.6) is 0 Å². The molecule has 0 spiro atoms. The molecule has 1 unspecified atom stereocenters.